The second-order valence-electron chi connectivity index (χ2n) is 5.29. The quantitative estimate of drug-likeness (QED) is 0.854. The fourth-order valence-corrected chi connectivity index (χ4v) is 2.45. The van der Waals surface area contributed by atoms with Crippen molar-refractivity contribution in [1.29, 1.82) is 0 Å². The molecule has 0 saturated carbocycles. The van der Waals surface area contributed by atoms with E-state index in [1.54, 1.807) is 0 Å². The molecule has 1 heterocycles. The third kappa shape index (κ3) is 4.67. The molecule has 0 aliphatic carbocycles. The van der Waals surface area contributed by atoms with E-state index >= 15 is 0 Å². The number of benzene rings is 1. The molecule has 0 unspecified atom stereocenters. The summed E-state index contributed by atoms with van der Waals surface area (Å²) in [6, 6.07) is 8.24. The predicted molar refractivity (Wildman–Crippen MR) is 76.1 cm³/mol. The summed E-state index contributed by atoms with van der Waals surface area (Å²) in [5, 5.41) is 3.00. The van der Waals surface area contributed by atoms with E-state index in [1.165, 1.54) is 11.1 Å². The van der Waals surface area contributed by atoms with Crippen LogP contribution < -0.4 is 5.32 Å². The lowest BCUT2D eigenvalue weighted by molar-refractivity contribution is -0.121. The van der Waals surface area contributed by atoms with E-state index < -0.39 is 0 Å². The lowest BCUT2D eigenvalue weighted by Gasteiger charge is -2.09. The minimum Gasteiger partial charge on any atom is -0.381 e. The van der Waals surface area contributed by atoms with Crippen LogP contribution in [0.5, 0.6) is 0 Å². The van der Waals surface area contributed by atoms with Crippen LogP contribution >= 0.6 is 0 Å². The van der Waals surface area contributed by atoms with Crippen molar-refractivity contribution in [2.45, 2.75) is 32.6 Å². The van der Waals surface area contributed by atoms with E-state index in [-0.39, 0.29) is 5.91 Å². The maximum absolute atomic E-state index is 11.8. The standard InChI is InChI=1S/C16H23NO2/c1-13-4-2-3-5-15(13)6-7-16(18)17-10-8-14-9-11-19-12-14/h2-5,14H,6-12H2,1H3,(H,17,18)/t14-/m0/s1. The predicted octanol–water partition coefficient (Wildman–Crippen LogP) is 2.47. The van der Waals surface area contributed by atoms with Gasteiger partial charge in [-0.05, 0) is 43.2 Å². The van der Waals surface area contributed by atoms with Crippen molar-refractivity contribution in [3.05, 3.63) is 35.4 Å². The van der Waals surface area contributed by atoms with E-state index in [4.69, 9.17) is 4.74 Å². The summed E-state index contributed by atoms with van der Waals surface area (Å²) in [4.78, 5) is 11.8. The summed E-state index contributed by atoms with van der Waals surface area (Å²) in [6.45, 7) is 4.61. The van der Waals surface area contributed by atoms with Gasteiger partial charge in [0.25, 0.3) is 0 Å². The normalized spacial score (nSPS) is 18.5. The first-order valence-electron chi connectivity index (χ1n) is 7.14. The Morgan fingerprint density at radius 2 is 2.26 bits per heavy atom. The molecule has 1 aromatic carbocycles. The molecule has 104 valence electrons. The highest BCUT2D eigenvalue weighted by Crippen LogP contribution is 2.15. The Morgan fingerprint density at radius 1 is 1.42 bits per heavy atom. The molecular weight excluding hydrogens is 238 g/mol. The van der Waals surface area contributed by atoms with E-state index in [9.17, 15) is 4.79 Å². The first-order valence-corrected chi connectivity index (χ1v) is 7.14. The molecule has 1 aromatic rings. The van der Waals surface area contributed by atoms with E-state index in [0.29, 0.717) is 12.3 Å². The van der Waals surface area contributed by atoms with Gasteiger partial charge < -0.3 is 10.1 Å². The molecule has 1 N–H and O–H groups in total. The Balaban J connectivity index is 1.63. The molecule has 0 bridgehead atoms. The molecule has 0 aromatic heterocycles. The highest BCUT2D eigenvalue weighted by atomic mass is 16.5. The Bertz CT molecular complexity index is 411. The molecule has 0 spiro atoms. The van der Waals surface area contributed by atoms with Gasteiger partial charge in [0, 0.05) is 26.2 Å². The van der Waals surface area contributed by atoms with Crippen LogP contribution in [0.25, 0.3) is 0 Å². The SMILES string of the molecule is Cc1ccccc1CCC(=O)NCC[C@H]1CCOC1. The molecule has 1 amide bonds. The van der Waals surface area contributed by atoms with E-state index in [1.807, 2.05) is 12.1 Å². The highest BCUT2D eigenvalue weighted by molar-refractivity contribution is 5.76. The average Bonchev–Trinajstić information content (AvgIpc) is 2.91. The molecule has 0 radical (unpaired) electrons. The Labute approximate surface area is 115 Å². The van der Waals surface area contributed by atoms with Gasteiger partial charge in [0.15, 0.2) is 0 Å². The summed E-state index contributed by atoms with van der Waals surface area (Å²) in [5.74, 6) is 0.791. The monoisotopic (exact) mass is 261 g/mol. The topological polar surface area (TPSA) is 38.3 Å². The van der Waals surface area contributed by atoms with Crippen molar-refractivity contribution in [2.75, 3.05) is 19.8 Å². The van der Waals surface area contributed by atoms with Gasteiger partial charge in [0.05, 0.1) is 0 Å². The molecule has 3 nitrogen and oxygen atoms in total. The van der Waals surface area contributed by atoms with Gasteiger partial charge in [0.1, 0.15) is 0 Å². The molecule has 2 rings (SSSR count). The number of amides is 1. The molecule has 1 fully saturated rings. The Morgan fingerprint density at radius 3 is 3.00 bits per heavy atom. The number of rotatable bonds is 6. The second-order valence-corrected chi connectivity index (χ2v) is 5.29. The van der Waals surface area contributed by atoms with Crippen molar-refractivity contribution in [3.8, 4) is 0 Å². The number of ether oxygens (including phenoxy) is 1. The van der Waals surface area contributed by atoms with E-state index in [0.717, 1.165) is 39.0 Å². The highest BCUT2D eigenvalue weighted by Gasteiger charge is 2.15. The molecule has 3 heteroatoms. The first-order chi connectivity index (χ1) is 9.25. The number of aryl methyl sites for hydroxylation is 2. The zero-order valence-electron chi connectivity index (χ0n) is 11.7. The second kappa shape index (κ2) is 7.29. The third-order valence-electron chi connectivity index (χ3n) is 3.78. The van der Waals surface area contributed by atoms with Crippen LogP contribution in [0.3, 0.4) is 0 Å². The fourth-order valence-electron chi connectivity index (χ4n) is 2.45. The van der Waals surface area contributed by atoms with Crippen molar-refractivity contribution >= 4 is 5.91 Å². The maximum atomic E-state index is 11.8. The minimum atomic E-state index is 0.155. The lowest BCUT2D eigenvalue weighted by Crippen LogP contribution is -2.26. The van der Waals surface area contributed by atoms with Crippen molar-refractivity contribution in [3.63, 3.8) is 0 Å². The zero-order chi connectivity index (χ0) is 13.5. The molecule has 1 atom stereocenters. The maximum Gasteiger partial charge on any atom is 0.220 e. The molecule has 1 aliphatic rings. The van der Waals surface area contributed by atoms with Gasteiger partial charge >= 0.3 is 0 Å². The minimum absolute atomic E-state index is 0.155. The van der Waals surface area contributed by atoms with Crippen molar-refractivity contribution < 1.29 is 9.53 Å². The van der Waals surface area contributed by atoms with Gasteiger partial charge in [-0.15, -0.1) is 0 Å². The molecule has 1 aliphatic heterocycles. The number of hydrogen-bond donors (Lipinski definition) is 1. The van der Waals surface area contributed by atoms with Crippen LogP contribution in [0, 0.1) is 12.8 Å². The largest absolute Gasteiger partial charge is 0.381 e. The van der Waals surface area contributed by atoms with Crippen LogP contribution in [0.2, 0.25) is 0 Å². The fraction of sp³-hybridized carbons (Fsp3) is 0.562. The van der Waals surface area contributed by atoms with Crippen LogP contribution in [0.1, 0.15) is 30.4 Å². The number of carbonyl (C=O) groups is 1. The Hall–Kier alpha value is -1.35. The first kappa shape index (κ1) is 14.1. The van der Waals surface area contributed by atoms with Gasteiger partial charge in [-0.3, -0.25) is 4.79 Å². The third-order valence-corrected chi connectivity index (χ3v) is 3.78. The summed E-state index contributed by atoms with van der Waals surface area (Å²) >= 11 is 0. The number of nitrogens with one attached hydrogen (secondary N) is 1. The van der Waals surface area contributed by atoms with Crippen LogP contribution in [-0.2, 0) is 16.0 Å². The molecular formula is C16H23NO2. The van der Waals surface area contributed by atoms with Gasteiger partial charge in [0.2, 0.25) is 5.91 Å². The van der Waals surface area contributed by atoms with Gasteiger partial charge in [-0.25, -0.2) is 0 Å². The number of hydrogen-bond acceptors (Lipinski definition) is 2. The smallest absolute Gasteiger partial charge is 0.220 e. The number of carbonyl (C=O) groups excluding carboxylic acids is 1. The van der Waals surface area contributed by atoms with E-state index in [2.05, 4.69) is 24.4 Å². The summed E-state index contributed by atoms with van der Waals surface area (Å²) < 4.78 is 5.32. The van der Waals surface area contributed by atoms with Crippen molar-refractivity contribution in [2.24, 2.45) is 5.92 Å². The van der Waals surface area contributed by atoms with Crippen LogP contribution in [-0.4, -0.2) is 25.7 Å². The molecule has 19 heavy (non-hydrogen) atoms. The van der Waals surface area contributed by atoms with Crippen molar-refractivity contribution in [1.82, 2.24) is 5.32 Å². The summed E-state index contributed by atoms with van der Waals surface area (Å²) in [5.41, 5.74) is 2.53. The zero-order valence-corrected chi connectivity index (χ0v) is 11.7. The Kier molecular flexibility index (Phi) is 5.40. The summed E-state index contributed by atoms with van der Waals surface area (Å²) in [7, 11) is 0. The summed E-state index contributed by atoms with van der Waals surface area (Å²) in [6.07, 6.45) is 3.58. The van der Waals surface area contributed by atoms with Gasteiger partial charge in [-0.1, -0.05) is 24.3 Å². The average molecular weight is 261 g/mol. The van der Waals surface area contributed by atoms with Crippen LogP contribution in [0.4, 0.5) is 0 Å². The van der Waals surface area contributed by atoms with Gasteiger partial charge in [-0.2, -0.15) is 0 Å². The van der Waals surface area contributed by atoms with Crippen LogP contribution in [0.15, 0.2) is 24.3 Å². The molecule has 1 saturated heterocycles. The lowest BCUT2D eigenvalue weighted by atomic mass is 10.0.